The topological polar surface area (TPSA) is 79.5 Å². The van der Waals surface area contributed by atoms with E-state index in [-0.39, 0.29) is 24.7 Å². The van der Waals surface area contributed by atoms with Gasteiger partial charge < -0.3 is 9.79 Å². The monoisotopic (exact) mass is 233 g/mol. The molecule has 3 N–H and O–H groups in total. The molecule has 88 valence electrons. The second-order valence-electron chi connectivity index (χ2n) is 3.93. The number of rotatable bonds is 6. The van der Waals surface area contributed by atoms with Crippen LogP contribution in [-0.2, 0) is 0 Å². The summed E-state index contributed by atoms with van der Waals surface area (Å²) >= 11 is 0. The highest BCUT2D eigenvalue weighted by Crippen LogP contribution is 2.22. The molecular weight excluding hydrogens is 213 g/mol. The summed E-state index contributed by atoms with van der Waals surface area (Å²) in [6.07, 6.45) is -0.0767. The van der Waals surface area contributed by atoms with Gasteiger partial charge in [-0.25, -0.2) is 5.09 Å². The van der Waals surface area contributed by atoms with Gasteiger partial charge in [0.25, 0.3) is 8.53 Å². The lowest BCUT2D eigenvalue weighted by Gasteiger charge is -2.37. The van der Waals surface area contributed by atoms with Gasteiger partial charge in [0.2, 0.25) is 0 Å². The van der Waals surface area contributed by atoms with Crippen LogP contribution in [0.2, 0.25) is 0 Å². The molecule has 15 heavy (non-hydrogen) atoms. The lowest BCUT2D eigenvalue weighted by atomic mass is 10.2. The molecular formula is C9H20N3O2P. The second kappa shape index (κ2) is 7.10. The van der Waals surface area contributed by atoms with Crippen LogP contribution in [0.1, 0.15) is 34.1 Å². The molecule has 0 fully saturated rings. The van der Waals surface area contributed by atoms with Gasteiger partial charge >= 0.3 is 0 Å². The van der Waals surface area contributed by atoms with Crippen LogP contribution in [0.25, 0.3) is 0 Å². The van der Waals surface area contributed by atoms with E-state index in [9.17, 15) is 0 Å². The quantitative estimate of drug-likeness (QED) is 0.473. The number of hydrogen-bond donors (Lipinski definition) is 3. The van der Waals surface area contributed by atoms with Crippen molar-refractivity contribution in [2.45, 2.75) is 52.4 Å². The van der Waals surface area contributed by atoms with Crippen LogP contribution in [0, 0.1) is 11.3 Å². The largest absolute Gasteiger partial charge is 0.338 e. The molecule has 0 heterocycles. The Morgan fingerprint density at radius 2 is 1.73 bits per heavy atom. The Morgan fingerprint density at radius 1 is 1.27 bits per heavy atom. The van der Waals surface area contributed by atoms with Crippen molar-refractivity contribution in [1.29, 1.82) is 5.26 Å². The lowest BCUT2D eigenvalue weighted by molar-refractivity contribution is 0.104. The van der Waals surface area contributed by atoms with Crippen LogP contribution in [0.5, 0.6) is 0 Å². The van der Waals surface area contributed by atoms with Gasteiger partial charge in [0.05, 0.1) is 18.7 Å². The Balaban J connectivity index is 4.61. The van der Waals surface area contributed by atoms with E-state index < -0.39 is 8.53 Å². The van der Waals surface area contributed by atoms with Gasteiger partial charge in [-0.05, 0) is 27.7 Å². The van der Waals surface area contributed by atoms with Gasteiger partial charge in [-0.3, -0.25) is 4.90 Å². The smallest absolute Gasteiger partial charge is 0.251 e. The SMILES string of the molecule is CC(C)N(C(C)C)C(CC#N)NP(O)O. The Morgan fingerprint density at radius 3 is 2.00 bits per heavy atom. The summed E-state index contributed by atoms with van der Waals surface area (Å²) in [7, 11) is -2.18. The number of nitrogens with one attached hydrogen (secondary N) is 1. The van der Waals surface area contributed by atoms with Gasteiger partial charge in [0.1, 0.15) is 0 Å². The summed E-state index contributed by atoms with van der Waals surface area (Å²) in [4.78, 5) is 19.9. The highest BCUT2D eigenvalue weighted by Gasteiger charge is 2.25. The maximum atomic E-state index is 8.94. The van der Waals surface area contributed by atoms with Crippen LogP contribution in [0.15, 0.2) is 0 Å². The predicted molar refractivity (Wildman–Crippen MR) is 60.6 cm³/mol. The van der Waals surface area contributed by atoms with Crippen molar-refractivity contribution in [2.24, 2.45) is 0 Å². The van der Waals surface area contributed by atoms with Crippen molar-refractivity contribution in [3.05, 3.63) is 0 Å². The number of hydrogen-bond acceptors (Lipinski definition) is 5. The minimum absolute atomic E-state index is 0.232. The predicted octanol–water partition coefficient (Wildman–Crippen LogP) is 1.15. The Bertz CT molecular complexity index is 208. The zero-order chi connectivity index (χ0) is 12.0. The van der Waals surface area contributed by atoms with Crippen molar-refractivity contribution in [3.63, 3.8) is 0 Å². The van der Waals surface area contributed by atoms with Crippen molar-refractivity contribution in [3.8, 4) is 6.07 Å². The van der Waals surface area contributed by atoms with E-state index in [2.05, 4.69) is 5.09 Å². The average molecular weight is 233 g/mol. The second-order valence-corrected chi connectivity index (χ2v) is 4.77. The third-order valence-electron chi connectivity index (χ3n) is 2.10. The first kappa shape index (κ1) is 14.8. The fraction of sp³-hybridized carbons (Fsp3) is 0.889. The molecule has 0 aromatic carbocycles. The molecule has 0 amide bonds. The third kappa shape index (κ3) is 5.41. The number of nitrogens with zero attached hydrogens (tertiary/aromatic N) is 2. The van der Waals surface area contributed by atoms with E-state index in [0.29, 0.717) is 0 Å². The van der Waals surface area contributed by atoms with Gasteiger partial charge in [0.15, 0.2) is 0 Å². The van der Waals surface area contributed by atoms with Crippen molar-refractivity contribution in [1.82, 2.24) is 9.99 Å². The maximum Gasteiger partial charge on any atom is 0.251 e. The summed E-state index contributed by atoms with van der Waals surface area (Å²) in [5.74, 6) is 0. The normalized spacial score (nSPS) is 13.9. The van der Waals surface area contributed by atoms with Gasteiger partial charge in [0, 0.05) is 12.1 Å². The van der Waals surface area contributed by atoms with Gasteiger partial charge in [-0.1, -0.05) is 0 Å². The number of nitriles is 1. The van der Waals surface area contributed by atoms with Gasteiger partial charge in [-0.2, -0.15) is 5.26 Å². The summed E-state index contributed by atoms with van der Waals surface area (Å²) < 4.78 is 0. The van der Waals surface area contributed by atoms with Crippen LogP contribution < -0.4 is 5.09 Å². The van der Waals surface area contributed by atoms with Crippen molar-refractivity contribution < 1.29 is 9.79 Å². The molecule has 0 saturated carbocycles. The lowest BCUT2D eigenvalue weighted by Crippen LogP contribution is -2.50. The van der Waals surface area contributed by atoms with Crippen molar-refractivity contribution in [2.75, 3.05) is 0 Å². The van der Waals surface area contributed by atoms with E-state index in [1.54, 1.807) is 0 Å². The highest BCUT2D eigenvalue weighted by atomic mass is 31.2. The van der Waals surface area contributed by atoms with E-state index in [4.69, 9.17) is 15.0 Å². The molecule has 6 heteroatoms. The average Bonchev–Trinajstić information content (AvgIpc) is 2.01. The molecule has 0 bridgehead atoms. The third-order valence-corrected chi connectivity index (χ3v) is 2.63. The Hall–Kier alpha value is -0.240. The minimum atomic E-state index is -2.18. The van der Waals surface area contributed by atoms with E-state index in [1.807, 2.05) is 38.7 Å². The van der Waals surface area contributed by atoms with Gasteiger partial charge in [-0.15, -0.1) is 0 Å². The summed E-state index contributed by atoms with van der Waals surface area (Å²) in [5.41, 5.74) is 0. The van der Waals surface area contributed by atoms with Crippen LogP contribution >= 0.6 is 8.53 Å². The fourth-order valence-corrected chi connectivity index (χ4v) is 2.24. The molecule has 0 aliphatic rings. The van der Waals surface area contributed by atoms with E-state index in [1.165, 1.54) is 0 Å². The molecule has 0 spiro atoms. The Kier molecular flexibility index (Phi) is 6.99. The first-order valence-corrected chi connectivity index (χ1v) is 6.23. The molecule has 1 unspecified atom stereocenters. The molecule has 0 aromatic rings. The summed E-state index contributed by atoms with van der Waals surface area (Å²) in [6, 6.07) is 2.53. The van der Waals surface area contributed by atoms with Crippen molar-refractivity contribution >= 4 is 8.53 Å². The Labute approximate surface area is 92.7 Å². The molecule has 0 aromatic heterocycles. The summed E-state index contributed by atoms with van der Waals surface area (Å²) in [6.45, 7) is 8.07. The molecule has 0 aliphatic carbocycles. The molecule has 0 saturated heterocycles. The van der Waals surface area contributed by atoms with E-state index >= 15 is 0 Å². The minimum Gasteiger partial charge on any atom is -0.338 e. The van der Waals surface area contributed by atoms with Crippen LogP contribution in [0.3, 0.4) is 0 Å². The van der Waals surface area contributed by atoms with Crippen LogP contribution in [-0.4, -0.2) is 32.9 Å². The molecule has 1 atom stereocenters. The zero-order valence-electron chi connectivity index (χ0n) is 9.68. The molecule has 0 radical (unpaired) electrons. The summed E-state index contributed by atoms with van der Waals surface area (Å²) in [5, 5.41) is 11.3. The zero-order valence-corrected chi connectivity index (χ0v) is 10.6. The fourth-order valence-electron chi connectivity index (χ4n) is 1.75. The molecule has 0 rings (SSSR count). The molecule has 5 nitrogen and oxygen atoms in total. The van der Waals surface area contributed by atoms with E-state index in [0.717, 1.165) is 0 Å². The first-order chi connectivity index (χ1) is 6.90. The van der Waals surface area contributed by atoms with Crippen LogP contribution in [0.4, 0.5) is 0 Å². The molecule has 0 aliphatic heterocycles. The first-order valence-electron chi connectivity index (χ1n) is 4.98. The highest BCUT2D eigenvalue weighted by molar-refractivity contribution is 7.42. The standard InChI is InChI=1S/C9H20N3O2P/c1-7(2)12(8(3)4)9(5-6-10)11-15(13)14/h7-9,11,13-14H,5H2,1-4H3. The maximum absolute atomic E-state index is 8.94.